The molecule has 0 spiro atoms. The highest BCUT2D eigenvalue weighted by molar-refractivity contribution is 6.53. The molecule has 4 rings (SSSR count). The molecule has 1 saturated carbocycles. The molecule has 5 nitrogen and oxygen atoms in total. The van der Waals surface area contributed by atoms with Crippen LogP contribution in [-0.2, 0) is 4.79 Å². The van der Waals surface area contributed by atoms with Crippen LogP contribution in [0.3, 0.4) is 0 Å². The van der Waals surface area contributed by atoms with E-state index in [2.05, 4.69) is 15.6 Å². The van der Waals surface area contributed by atoms with E-state index in [1.807, 2.05) is 0 Å². The molecular formula is C22H13Cl6N3O2. The number of amides is 2. The lowest BCUT2D eigenvalue weighted by molar-refractivity contribution is -0.117. The number of hydrogen-bond donors (Lipinski definition) is 2. The van der Waals surface area contributed by atoms with E-state index < -0.39 is 28.0 Å². The maximum absolute atomic E-state index is 12.9. The number of hydrogen-bond acceptors (Lipinski definition) is 3. The van der Waals surface area contributed by atoms with Crippen molar-refractivity contribution in [2.75, 3.05) is 10.6 Å². The number of carbonyl (C=O) groups excluding carboxylic acids is 2. The number of nitrogens with one attached hydrogen (secondary N) is 2. The van der Waals surface area contributed by atoms with E-state index in [4.69, 9.17) is 69.6 Å². The predicted molar refractivity (Wildman–Crippen MR) is 134 cm³/mol. The Labute approximate surface area is 219 Å². The second kappa shape index (κ2) is 9.49. The van der Waals surface area contributed by atoms with Gasteiger partial charge in [0.05, 0.1) is 21.5 Å². The number of carbonyl (C=O) groups is 2. The summed E-state index contributed by atoms with van der Waals surface area (Å²) in [5, 5.41) is 6.81. The summed E-state index contributed by atoms with van der Waals surface area (Å²) in [7, 11) is 0. The summed E-state index contributed by atoms with van der Waals surface area (Å²) in [6.45, 7) is 0. The van der Waals surface area contributed by atoms with Crippen LogP contribution in [0, 0.1) is 5.92 Å². The van der Waals surface area contributed by atoms with Crippen LogP contribution in [0.4, 0.5) is 11.5 Å². The van der Waals surface area contributed by atoms with Crippen molar-refractivity contribution in [3.05, 3.63) is 85.9 Å². The first kappa shape index (κ1) is 24.4. The lowest BCUT2D eigenvalue weighted by Crippen LogP contribution is -2.18. The zero-order valence-electron chi connectivity index (χ0n) is 16.4. The lowest BCUT2D eigenvalue weighted by Gasteiger charge is -2.10. The number of nitrogens with zero attached hydrogens (tertiary/aromatic N) is 1. The van der Waals surface area contributed by atoms with E-state index >= 15 is 0 Å². The highest BCUT2D eigenvalue weighted by atomic mass is 35.5. The average molecular weight is 564 g/mol. The van der Waals surface area contributed by atoms with Crippen LogP contribution < -0.4 is 10.6 Å². The summed E-state index contributed by atoms with van der Waals surface area (Å²) in [6, 6.07) is 12.6. The quantitative estimate of drug-likeness (QED) is 0.316. The second-order valence-corrected chi connectivity index (χ2v) is 10.5. The second-order valence-electron chi connectivity index (χ2n) is 7.33. The molecule has 0 saturated heterocycles. The van der Waals surface area contributed by atoms with E-state index in [-0.39, 0.29) is 10.6 Å². The third-order valence-corrected chi connectivity index (χ3v) is 6.96. The lowest BCUT2D eigenvalue weighted by atomic mass is 10.1. The Kier molecular flexibility index (Phi) is 7.02. The fourth-order valence-electron chi connectivity index (χ4n) is 3.45. The molecule has 0 bridgehead atoms. The molecule has 11 heteroatoms. The van der Waals surface area contributed by atoms with Gasteiger partial charge in [-0.15, -0.1) is 23.2 Å². The number of halogens is 6. The zero-order chi connectivity index (χ0) is 23.9. The van der Waals surface area contributed by atoms with Gasteiger partial charge in [-0.1, -0.05) is 46.4 Å². The average Bonchev–Trinajstić information content (AvgIpc) is 3.32. The Morgan fingerprint density at radius 2 is 1.55 bits per heavy atom. The van der Waals surface area contributed by atoms with Gasteiger partial charge in [-0.05, 0) is 54.1 Å². The van der Waals surface area contributed by atoms with E-state index in [0.29, 0.717) is 32.1 Å². The molecule has 0 radical (unpaired) electrons. The fraction of sp³-hybridized carbons (Fsp3) is 0.136. The van der Waals surface area contributed by atoms with Crippen LogP contribution in [0.5, 0.6) is 0 Å². The SMILES string of the molecule is O=C(Nc1ccc(Cl)cn1)c1cc(NC(=O)[C@H]2[C@H](c3cc(Cl)cc(Cl)c3)C2(Cl)Cl)ccc1Cl. The van der Waals surface area contributed by atoms with Crippen LogP contribution in [0.15, 0.2) is 54.7 Å². The third kappa shape index (κ3) is 5.35. The molecule has 1 aromatic heterocycles. The van der Waals surface area contributed by atoms with Crippen molar-refractivity contribution in [1.29, 1.82) is 0 Å². The molecular weight excluding hydrogens is 551 g/mol. The van der Waals surface area contributed by atoms with Crippen LogP contribution in [0.1, 0.15) is 21.8 Å². The summed E-state index contributed by atoms with van der Waals surface area (Å²) in [6.07, 6.45) is 1.40. The van der Waals surface area contributed by atoms with Gasteiger partial charge in [0.25, 0.3) is 5.91 Å². The molecule has 1 fully saturated rings. The van der Waals surface area contributed by atoms with Gasteiger partial charge in [0.2, 0.25) is 5.91 Å². The number of benzene rings is 2. The van der Waals surface area contributed by atoms with E-state index in [0.717, 1.165) is 0 Å². The van der Waals surface area contributed by atoms with Crippen molar-refractivity contribution in [3.8, 4) is 0 Å². The number of aromatic nitrogens is 1. The number of pyridine rings is 1. The highest BCUT2D eigenvalue weighted by Gasteiger charge is 2.67. The Bertz CT molecular complexity index is 1230. The zero-order valence-corrected chi connectivity index (χ0v) is 20.9. The van der Waals surface area contributed by atoms with Crippen LogP contribution >= 0.6 is 69.6 Å². The van der Waals surface area contributed by atoms with Gasteiger partial charge >= 0.3 is 0 Å². The van der Waals surface area contributed by atoms with Crippen molar-refractivity contribution in [2.24, 2.45) is 5.92 Å². The van der Waals surface area contributed by atoms with E-state index in [1.54, 1.807) is 36.4 Å². The first-order valence-electron chi connectivity index (χ1n) is 9.43. The Morgan fingerprint density at radius 3 is 2.18 bits per heavy atom. The molecule has 1 heterocycles. The van der Waals surface area contributed by atoms with Gasteiger partial charge in [-0.2, -0.15) is 0 Å². The van der Waals surface area contributed by atoms with Gasteiger partial charge in [-0.3, -0.25) is 9.59 Å². The number of rotatable bonds is 5. The monoisotopic (exact) mass is 561 g/mol. The smallest absolute Gasteiger partial charge is 0.258 e. The van der Waals surface area contributed by atoms with Gasteiger partial charge in [0, 0.05) is 27.8 Å². The summed E-state index contributed by atoms with van der Waals surface area (Å²) < 4.78 is -1.33. The molecule has 2 aromatic carbocycles. The third-order valence-electron chi connectivity index (χ3n) is 5.03. The summed E-state index contributed by atoms with van der Waals surface area (Å²) in [4.78, 5) is 29.6. The largest absolute Gasteiger partial charge is 0.326 e. The molecule has 0 aliphatic heterocycles. The number of alkyl halides is 2. The Morgan fingerprint density at radius 1 is 0.848 bits per heavy atom. The Balaban J connectivity index is 1.50. The van der Waals surface area contributed by atoms with Crippen LogP contribution in [0.2, 0.25) is 20.1 Å². The van der Waals surface area contributed by atoms with Crippen LogP contribution in [0.25, 0.3) is 0 Å². The van der Waals surface area contributed by atoms with Crippen molar-refractivity contribution in [3.63, 3.8) is 0 Å². The maximum atomic E-state index is 12.9. The van der Waals surface area contributed by atoms with Crippen LogP contribution in [-0.4, -0.2) is 21.1 Å². The first-order chi connectivity index (χ1) is 15.6. The minimum absolute atomic E-state index is 0.142. The standard InChI is InChI=1S/C22H13Cl6N3O2/c23-11-1-4-17(29-9-11)31-20(32)15-8-14(2-3-16(15)26)30-21(33)19-18(22(19,27)28)10-5-12(24)7-13(25)6-10/h1-9,18-19H,(H,30,33)(H,29,31,32)/t18-,19+/m0/s1. The fourth-order valence-corrected chi connectivity index (χ4v) is 5.14. The van der Waals surface area contributed by atoms with Gasteiger partial charge in [0.1, 0.15) is 10.2 Å². The normalized spacial score (nSPS) is 18.5. The molecule has 0 unspecified atom stereocenters. The first-order valence-corrected chi connectivity index (χ1v) is 11.7. The molecule has 1 aliphatic rings. The van der Waals surface area contributed by atoms with E-state index in [9.17, 15) is 9.59 Å². The molecule has 170 valence electrons. The summed E-state index contributed by atoms with van der Waals surface area (Å²) in [5.41, 5.74) is 1.14. The molecule has 2 amide bonds. The molecule has 1 aliphatic carbocycles. The van der Waals surface area contributed by atoms with Crippen molar-refractivity contribution < 1.29 is 9.59 Å². The highest BCUT2D eigenvalue weighted by Crippen LogP contribution is 2.65. The topological polar surface area (TPSA) is 71.1 Å². The van der Waals surface area contributed by atoms with E-state index in [1.165, 1.54) is 18.3 Å². The van der Waals surface area contributed by atoms with Gasteiger partial charge < -0.3 is 10.6 Å². The van der Waals surface area contributed by atoms with Crippen molar-refractivity contribution in [2.45, 2.75) is 10.3 Å². The molecule has 3 aromatic rings. The van der Waals surface area contributed by atoms with Gasteiger partial charge in [-0.25, -0.2) is 4.98 Å². The minimum Gasteiger partial charge on any atom is -0.326 e. The van der Waals surface area contributed by atoms with Crippen molar-refractivity contribution in [1.82, 2.24) is 4.98 Å². The molecule has 2 N–H and O–H groups in total. The molecule has 2 atom stereocenters. The predicted octanol–water partition coefficient (Wildman–Crippen LogP) is 7.47. The minimum atomic E-state index is -1.33. The van der Waals surface area contributed by atoms with Crippen molar-refractivity contribution >= 4 is 92.9 Å². The summed E-state index contributed by atoms with van der Waals surface area (Å²) in [5.74, 6) is -1.88. The van der Waals surface area contributed by atoms with Gasteiger partial charge in [0.15, 0.2) is 0 Å². The molecule has 33 heavy (non-hydrogen) atoms. The number of anilines is 2. The summed E-state index contributed by atoms with van der Waals surface area (Å²) >= 11 is 36.9. The Hall–Kier alpha value is -1.73. The maximum Gasteiger partial charge on any atom is 0.258 e.